The van der Waals surface area contributed by atoms with Crippen LogP contribution in [0.4, 0.5) is 0 Å². The van der Waals surface area contributed by atoms with Crippen LogP contribution < -0.4 is 14.8 Å². The molecule has 0 saturated carbocycles. The summed E-state index contributed by atoms with van der Waals surface area (Å²) in [6, 6.07) is 8.78. The van der Waals surface area contributed by atoms with Gasteiger partial charge in [-0.05, 0) is 30.0 Å². The molecule has 0 atom stereocenters. The number of carbonyl (C=O) groups is 2. The lowest BCUT2D eigenvalue weighted by Crippen LogP contribution is -2.26. The summed E-state index contributed by atoms with van der Waals surface area (Å²) in [4.78, 5) is 23.6. The molecule has 1 heterocycles. The van der Waals surface area contributed by atoms with Crippen LogP contribution in [-0.2, 0) is 4.79 Å². The molecule has 1 amide bonds. The van der Waals surface area contributed by atoms with Crippen LogP contribution >= 0.6 is 11.3 Å². The Morgan fingerprint density at radius 1 is 1.17 bits per heavy atom. The van der Waals surface area contributed by atoms with E-state index in [0.717, 1.165) is 6.42 Å². The van der Waals surface area contributed by atoms with E-state index in [4.69, 9.17) is 9.47 Å². The fourth-order valence-corrected chi connectivity index (χ4v) is 2.45. The van der Waals surface area contributed by atoms with Gasteiger partial charge in [-0.1, -0.05) is 19.1 Å². The Balaban J connectivity index is 1.79. The molecular formula is C17H19NO4S. The number of thiophene rings is 1. The van der Waals surface area contributed by atoms with Crippen molar-refractivity contribution in [1.29, 1.82) is 0 Å². The highest BCUT2D eigenvalue weighted by Crippen LogP contribution is 2.26. The number of rotatable bonds is 8. The molecule has 1 aromatic carbocycles. The largest absolute Gasteiger partial charge is 0.490 e. The molecule has 2 aromatic rings. The Morgan fingerprint density at radius 3 is 2.65 bits per heavy atom. The van der Waals surface area contributed by atoms with Gasteiger partial charge in [-0.15, -0.1) is 0 Å². The second kappa shape index (κ2) is 8.95. The summed E-state index contributed by atoms with van der Waals surface area (Å²) < 4.78 is 10.8. The van der Waals surface area contributed by atoms with Gasteiger partial charge < -0.3 is 14.8 Å². The third kappa shape index (κ3) is 5.41. The smallest absolute Gasteiger partial charge is 0.313 e. The highest BCUT2D eigenvalue weighted by Gasteiger charge is 2.11. The van der Waals surface area contributed by atoms with Gasteiger partial charge in [0.2, 0.25) is 0 Å². The first-order valence-electron chi connectivity index (χ1n) is 7.43. The van der Waals surface area contributed by atoms with Crippen LogP contribution in [0.5, 0.6) is 11.5 Å². The Labute approximate surface area is 139 Å². The average molecular weight is 333 g/mol. The van der Waals surface area contributed by atoms with Crippen molar-refractivity contribution in [2.45, 2.75) is 19.8 Å². The first-order valence-corrected chi connectivity index (χ1v) is 8.38. The van der Waals surface area contributed by atoms with E-state index in [0.29, 0.717) is 23.7 Å². The third-order valence-electron chi connectivity index (χ3n) is 2.93. The van der Waals surface area contributed by atoms with Crippen LogP contribution in [-0.4, -0.2) is 25.0 Å². The van der Waals surface area contributed by atoms with Crippen molar-refractivity contribution in [3.63, 3.8) is 0 Å². The van der Waals surface area contributed by atoms with Crippen molar-refractivity contribution in [1.82, 2.24) is 5.32 Å². The summed E-state index contributed by atoms with van der Waals surface area (Å²) in [5, 5.41) is 6.27. The van der Waals surface area contributed by atoms with Crippen LogP contribution in [0, 0.1) is 0 Å². The number of nitrogens with one attached hydrogen (secondary N) is 1. The second-order valence-electron chi connectivity index (χ2n) is 4.79. The Morgan fingerprint density at radius 2 is 1.96 bits per heavy atom. The number of carbonyl (C=O) groups excluding carboxylic acids is 2. The van der Waals surface area contributed by atoms with Crippen molar-refractivity contribution < 1.29 is 19.1 Å². The molecule has 0 aliphatic carbocycles. The van der Waals surface area contributed by atoms with Gasteiger partial charge in [0.25, 0.3) is 5.91 Å². The molecule has 2 rings (SSSR count). The van der Waals surface area contributed by atoms with E-state index >= 15 is 0 Å². The molecule has 0 fully saturated rings. The number of benzene rings is 1. The molecule has 23 heavy (non-hydrogen) atoms. The molecule has 0 bridgehead atoms. The standard InChI is InChI=1S/C17H19NO4S/c1-2-10-21-14-5-3-4-6-15(14)22-16(19)7-9-18-17(20)13-8-11-23-12-13/h3-6,8,11-12H,2,7,9-10H2,1H3,(H,18,20). The average Bonchev–Trinajstić information content (AvgIpc) is 3.08. The van der Waals surface area contributed by atoms with Gasteiger partial charge in [-0.25, -0.2) is 0 Å². The maximum absolute atomic E-state index is 11.9. The van der Waals surface area contributed by atoms with Crippen LogP contribution in [0.3, 0.4) is 0 Å². The second-order valence-corrected chi connectivity index (χ2v) is 5.57. The Kier molecular flexibility index (Phi) is 6.62. The zero-order chi connectivity index (χ0) is 16.5. The molecule has 0 aliphatic heterocycles. The zero-order valence-corrected chi connectivity index (χ0v) is 13.7. The molecule has 1 aromatic heterocycles. The lowest BCUT2D eigenvalue weighted by molar-refractivity contribution is -0.134. The molecule has 6 heteroatoms. The zero-order valence-electron chi connectivity index (χ0n) is 12.9. The van der Waals surface area contributed by atoms with Gasteiger partial charge in [-0.2, -0.15) is 11.3 Å². The minimum absolute atomic E-state index is 0.0952. The number of hydrogen-bond donors (Lipinski definition) is 1. The first kappa shape index (κ1) is 17.0. The monoisotopic (exact) mass is 333 g/mol. The van der Waals surface area contributed by atoms with E-state index < -0.39 is 5.97 Å². The van der Waals surface area contributed by atoms with Crippen molar-refractivity contribution in [3.8, 4) is 11.5 Å². The third-order valence-corrected chi connectivity index (χ3v) is 3.62. The molecule has 1 N–H and O–H groups in total. The minimum atomic E-state index is -0.414. The molecule has 0 unspecified atom stereocenters. The Hall–Kier alpha value is -2.34. The van der Waals surface area contributed by atoms with Crippen molar-refractivity contribution in [2.24, 2.45) is 0 Å². The van der Waals surface area contributed by atoms with Crippen LogP contribution in [0.25, 0.3) is 0 Å². The summed E-state index contributed by atoms with van der Waals surface area (Å²) >= 11 is 1.45. The van der Waals surface area contributed by atoms with Gasteiger partial charge in [-0.3, -0.25) is 9.59 Å². The van der Waals surface area contributed by atoms with Crippen LogP contribution in [0.1, 0.15) is 30.1 Å². The van der Waals surface area contributed by atoms with Crippen molar-refractivity contribution >= 4 is 23.2 Å². The maximum atomic E-state index is 11.9. The van der Waals surface area contributed by atoms with E-state index in [1.807, 2.05) is 18.4 Å². The van der Waals surface area contributed by atoms with Crippen LogP contribution in [0.15, 0.2) is 41.1 Å². The fraction of sp³-hybridized carbons (Fsp3) is 0.294. The van der Waals surface area contributed by atoms with Gasteiger partial charge in [0.05, 0.1) is 13.0 Å². The summed E-state index contributed by atoms with van der Waals surface area (Å²) in [5.41, 5.74) is 0.599. The number of amides is 1. The molecular weight excluding hydrogens is 314 g/mol. The maximum Gasteiger partial charge on any atom is 0.313 e. The Bertz CT molecular complexity index is 640. The summed E-state index contributed by atoms with van der Waals surface area (Å²) in [7, 11) is 0. The first-order chi connectivity index (χ1) is 11.2. The van der Waals surface area contributed by atoms with Crippen molar-refractivity contribution in [2.75, 3.05) is 13.2 Å². The van der Waals surface area contributed by atoms with Crippen molar-refractivity contribution in [3.05, 3.63) is 46.7 Å². The molecule has 122 valence electrons. The number of ether oxygens (including phenoxy) is 2. The normalized spacial score (nSPS) is 10.1. The molecule has 0 saturated heterocycles. The number of para-hydroxylation sites is 2. The van der Waals surface area contributed by atoms with E-state index in [2.05, 4.69) is 5.32 Å². The quantitative estimate of drug-likeness (QED) is 0.595. The summed E-state index contributed by atoms with van der Waals surface area (Å²) in [6.07, 6.45) is 0.967. The molecule has 0 radical (unpaired) electrons. The molecule has 0 aliphatic rings. The highest BCUT2D eigenvalue weighted by molar-refractivity contribution is 7.08. The van der Waals surface area contributed by atoms with E-state index in [-0.39, 0.29) is 18.9 Å². The van der Waals surface area contributed by atoms with Crippen LogP contribution in [0.2, 0.25) is 0 Å². The van der Waals surface area contributed by atoms with Gasteiger partial charge >= 0.3 is 5.97 Å². The van der Waals surface area contributed by atoms with E-state index in [9.17, 15) is 9.59 Å². The SMILES string of the molecule is CCCOc1ccccc1OC(=O)CCNC(=O)c1ccsc1. The lowest BCUT2D eigenvalue weighted by atomic mass is 10.3. The minimum Gasteiger partial charge on any atom is -0.490 e. The predicted octanol–water partition coefficient (Wildman–Crippen LogP) is 3.26. The van der Waals surface area contributed by atoms with E-state index in [1.54, 1.807) is 29.6 Å². The topological polar surface area (TPSA) is 64.6 Å². The predicted molar refractivity (Wildman–Crippen MR) is 89.1 cm³/mol. The van der Waals surface area contributed by atoms with Gasteiger partial charge in [0.1, 0.15) is 0 Å². The molecule has 5 nitrogen and oxygen atoms in total. The highest BCUT2D eigenvalue weighted by atomic mass is 32.1. The summed E-state index contributed by atoms with van der Waals surface area (Å²) in [5.74, 6) is 0.342. The van der Waals surface area contributed by atoms with Gasteiger partial charge in [0, 0.05) is 17.5 Å². The fourth-order valence-electron chi connectivity index (χ4n) is 1.81. The van der Waals surface area contributed by atoms with E-state index in [1.165, 1.54) is 11.3 Å². The molecule has 0 spiro atoms. The lowest BCUT2D eigenvalue weighted by Gasteiger charge is -2.11. The number of esters is 1. The number of hydrogen-bond acceptors (Lipinski definition) is 5. The summed E-state index contributed by atoms with van der Waals surface area (Å²) in [6.45, 7) is 2.79. The van der Waals surface area contributed by atoms with Gasteiger partial charge in [0.15, 0.2) is 11.5 Å².